The summed E-state index contributed by atoms with van der Waals surface area (Å²) in [5, 5.41) is 12.7. The van der Waals surface area contributed by atoms with Crippen LogP contribution in [0.15, 0.2) is 6.07 Å². The molecule has 1 aromatic rings. The normalized spacial score (nSPS) is 17.5. The Labute approximate surface area is 118 Å². The van der Waals surface area contributed by atoms with Gasteiger partial charge >= 0.3 is 5.97 Å². The highest BCUT2D eigenvalue weighted by atomic mass is 16.5. The summed E-state index contributed by atoms with van der Waals surface area (Å²) in [4.78, 5) is 20.1. The topological polar surface area (TPSA) is 84.3 Å². The molecule has 0 aromatic carbocycles. The molecule has 110 valence electrons. The highest BCUT2D eigenvalue weighted by molar-refractivity contribution is 5.82. The second-order valence-corrected chi connectivity index (χ2v) is 5.14. The van der Waals surface area contributed by atoms with Crippen molar-refractivity contribution in [1.82, 2.24) is 9.97 Å². The highest BCUT2D eigenvalue weighted by Crippen LogP contribution is 2.32. The Kier molecular flexibility index (Phi) is 4.42. The summed E-state index contributed by atoms with van der Waals surface area (Å²) in [5.41, 5.74) is -0.914. The molecule has 2 rings (SSSR count). The molecule has 6 nitrogen and oxygen atoms in total. The number of carbonyl (C=O) groups is 1. The van der Waals surface area contributed by atoms with Gasteiger partial charge in [-0.2, -0.15) is 4.98 Å². The molecule has 1 saturated carbocycles. The first-order chi connectivity index (χ1) is 9.55. The van der Waals surface area contributed by atoms with Crippen LogP contribution in [0.4, 0.5) is 5.82 Å². The molecular formula is C14H21N3O3. The van der Waals surface area contributed by atoms with Gasteiger partial charge in [0, 0.05) is 6.07 Å². The van der Waals surface area contributed by atoms with Crippen LogP contribution in [0.5, 0.6) is 5.88 Å². The van der Waals surface area contributed by atoms with Gasteiger partial charge in [0.2, 0.25) is 5.88 Å². The average molecular weight is 279 g/mol. The van der Waals surface area contributed by atoms with E-state index in [9.17, 15) is 9.90 Å². The zero-order valence-electron chi connectivity index (χ0n) is 12.0. The molecule has 1 aliphatic carbocycles. The van der Waals surface area contributed by atoms with E-state index in [0.29, 0.717) is 37.0 Å². The van der Waals surface area contributed by atoms with E-state index in [0.717, 1.165) is 19.3 Å². The van der Waals surface area contributed by atoms with Crippen LogP contribution in [0.2, 0.25) is 0 Å². The molecular weight excluding hydrogens is 258 g/mol. The van der Waals surface area contributed by atoms with Crippen molar-refractivity contribution in [3.05, 3.63) is 11.9 Å². The third kappa shape index (κ3) is 3.18. The molecule has 0 bridgehead atoms. The van der Waals surface area contributed by atoms with E-state index < -0.39 is 11.5 Å². The molecule has 0 radical (unpaired) electrons. The van der Waals surface area contributed by atoms with Gasteiger partial charge in [-0.1, -0.05) is 19.3 Å². The van der Waals surface area contributed by atoms with Crippen LogP contribution in [0.3, 0.4) is 0 Å². The first-order valence-electron chi connectivity index (χ1n) is 7.06. The van der Waals surface area contributed by atoms with Crippen LogP contribution in [0.25, 0.3) is 0 Å². The average Bonchev–Trinajstić information content (AvgIpc) is 2.39. The number of hydrogen-bond donors (Lipinski definition) is 2. The summed E-state index contributed by atoms with van der Waals surface area (Å²) in [5.74, 6) is 0.741. The zero-order valence-corrected chi connectivity index (χ0v) is 12.0. The Morgan fingerprint density at radius 3 is 2.70 bits per heavy atom. The Hall–Kier alpha value is -1.85. The molecule has 0 aliphatic heterocycles. The minimum atomic E-state index is -0.914. The number of ether oxygens (including phenoxy) is 1. The number of nitrogens with one attached hydrogen (secondary N) is 1. The summed E-state index contributed by atoms with van der Waals surface area (Å²) in [6.45, 7) is 4.16. The standard InChI is InChI=1S/C14H21N3O3/c1-3-20-12-9-11(15-10(2)16-12)17-14(13(18)19)7-5-4-6-8-14/h9H,3-8H2,1-2H3,(H,18,19)(H,15,16,17). The predicted molar refractivity (Wildman–Crippen MR) is 75.0 cm³/mol. The summed E-state index contributed by atoms with van der Waals surface area (Å²) >= 11 is 0. The van der Waals surface area contributed by atoms with Crippen LogP contribution in [0, 0.1) is 6.92 Å². The summed E-state index contributed by atoms with van der Waals surface area (Å²) in [6, 6.07) is 1.66. The zero-order chi connectivity index (χ0) is 14.6. The lowest BCUT2D eigenvalue weighted by Gasteiger charge is -2.34. The van der Waals surface area contributed by atoms with E-state index in [-0.39, 0.29) is 0 Å². The monoisotopic (exact) mass is 279 g/mol. The van der Waals surface area contributed by atoms with E-state index in [1.807, 2.05) is 6.92 Å². The molecule has 2 N–H and O–H groups in total. The summed E-state index contributed by atoms with van der Waals surface area (Å²) in [6.07, 6.45) is 4.16. The number of anilines is 1. The fourth-order valence-electron chi connectivity index (χ4n) is 2.62. The molecule has 0 atom stereocenters. The fourth-order valence-corrected chi connectivity index (χ4v) is 2.62. The van der Waals surface area contributed by atoms with Gasteiger partial charge < -0.3 is 15.2 Å². The number of carboxylic acids is 1. The number of rotatable bonds is 5. The van der Waals surface area contributed by atoms with Gasteiger partial charge in [0.1, 0.15) is 17.2 Å². The van der Waals surface area contributed by atoms with Crippen LogP contribution in [-0.4, -0.2) is 33.2 Å². The van der Waals surface area contributed by atoms with Crippen molar-refractivity contribution >= 4 is 11.8 Å². The number of carboxylic acid groups (broad SMARTS) is 1. The van der Waals surface area contributed by atoms with Crippen molar-refractivity contribution in [2.24, 2.45) is 0 Å². The van der Waals surface area contributed by atoms with E-state index in [2.05, 4.69) is 15.3 Å². The van der Waals surface area contributed by atoms with Crippen molar-refractivity contribution < 1.29 is 14.6 Å². The molecule has 1 aliphatic rings. The SMILES string of the molecule is CCOc1cc(NC2(C(=O)O)CCCCC2)nc(C)n1. The van der Waals surface area contributed by atoms with E-state index in [1.165, 1.54) is 0 Å². The Bertz CT molecular complexity index is 485. The third-order valence-corrected chi connectivity index (χ3v) is 3.59. The lowest BCUT2D eigenvalue weighted by molar-refractivity contribution is -0.143. The largest absolute Gasteiger partial charge is 0.480 e. The van der Waals surface area contributed by atoms with Crippen molar-refractivity contribution in [1.29, 1.82) is 0 Å². The van der Waals surface area contributed by atoms with Gasteiger partial charge in [0.05, 0.1) is 6.61 Å². The number of nitrogens with zero attached hydrogens (tertiary/aromatic N) is 2. The second-order valence-electron chi connectivity index (χ2n) is 5.14. The molecule has 1 fully saturated rings. The molecule has 0 saturated heterocycles. The van der Waals surface area contributed by atoms with Gasteiger partial charge in [-0.05, 0) is 26.7 Å². The maximum atomic E-state index is 11.6. The molecule has 0 unspecified atom stereocenters. The van der Waals surface area contributed by atoms with Gasteiger partial charge in [-0.25, -0.2) is 9.78 Å². The fraction of sp³-hybridized carbons (Fsp3) is 0.643. The quantitative estimate of drug-likeness (QED) is 0.861. The lowest BCUT2D eigenvalue weighted by Crippen LogP contribution is -2.48. The van der Waals surface area contributed by atoms with Gasteiger partial charge in [0.25, 0.3) is 0 Å². The van der Waals surface area contributed by atoms with Crippen LogP contribution < -0.4 is 10.1 Å². The Balaban J connectivity index is 2.24. The van der Waals surface area contributed by atoms with Gasteiger partial charge in [-0.15, -0.1) is 0 Å². The maximum Gasteiger partial charge on any atom is 0.329 e. The van der Waals surface area contributed by atoms with Gasteiger partial charge in [0.15, 0.2) is 0 Å². The van der Waals surface area contributed by atoms with Crippen LogP contribution in [0.1, 0.15) is 44.9 Å². The Morgan fingerprint density at radius 1 is 1.40 bits per heavy atom. The first kappa shape index (κ1) is 14.6. The van der Waals surface area contributed by atoms with Crippen molar-refractivity contribution in [2.75, 3.05) is 11.9 Å². The molecule has 0 spiro atoms. The van der Waals surface area contributed by atoms with Crippen molar-refractivity contribution in [3.63, 3.8) is 0 Å². The second kappa shape index (κ2) is 6.07. The minimum absolute atomic E-state index is 0.471. The van der Waals surface area contributed by atoms with Crippen molar-refractivity contribution in [2.45, 2.75) is 51.5 Å². The molecule has 1 aromatic heterocycles. The molecule has 1 heterocycles. The predicted octanol–water partition coefficient (Wildman–Crippen LogP) is 2.38. The van der Waals surface area contributed by atoms with E-state index >= 15 is 0 Å². The number of aromatic nitrogens is 2. The molecule has 0 amide bonds. The summed E-state index contributed by atoms with van der Waals surface area (Å²) in [7, 11) is 0. The third-order valence-electron chi connectivity index (χ3n) is 3.59. The lowest BCUT2D eigenvalue weighted by atomic mass is 9.81. The maximum absolute atomic E-state index is 11.6. The Morgan fingerprint density at radius 2 is 2.10 bits per heavy atom. The van der Waals surface area contributed by atoms with Crippen molar-refractivity contribution in [3.8, 4) is 5.88 Å². The van der Waals surface area contributed by atoms with Crippen LogP contribution >= 0.6 is 0 Å². The van der Waals surface area contributed by atoms with E-state index in [1.54, 1.807) is 13.0 Å². The van der Waals surface area contributed by atoms with Crippen LogP contribution in [-0.2, 0) is 4.79 Å². The van der Waals surface area contributed by atoms with E-state index in [4.69, 9.17) is 4.74 Å². The number of aliphatic carboxylic acids is 1. The van der Waals surface area contributed by atoms with Gasteiger partial charge in [-0.3, -0.25) is 0 Å². The number of hydrogen-bond acceptors (Lipinski definition) is 5. The minimum Gasteiger partial charge on any atom is -0.480 e. The number of aryl methyl sites for hydroxylation is 1. The molecule has 20 heavy (non-hydrogen) atoms. The first-order valence-corrected chi connectivity index (χ1v) is 7.06. The highest BCUT2D eigenvalue weighted by Gasteiger charge is 2.40. The molecule has 6 heteroatoms. The summed E-state index contributed by atoms with van der Waals surface area (Å²) < 4.78 is 5.37. The smallest absolute Gasteiger partial charge is 0.329 e.